The standard InChI is InChI=1S/C10H17N3O3/c1-7(2)16-10-8(11)9(12-6-13-10)15-5-3-4-14/h6-7,14H,3-5,11H2,1-2H3. The number of aromatic nitrogens is 2. The highest BCUT2D eigenvalue weighted by Crippen LogP contribution is 2.27. The number of nitrogens with zero attached hydrogens (tertiary/aromatic N) is 2. The van der Waals surface area contributed by atoms with Crippen LogP contribution in [0, 0.1) is 0 Å². The summed E-state index contributed by atoms with van der Waals surface area (Å²) in [6, 6.07) is 0. The third-order valence-electron chi connectivity index (χ3n) is 1.70. The Balaban J connectivity index is 2.70. The molecule has 6 heteroatoms. The third-order valence-corrected chi connectivity index (χ3v) is 1.70. The molecule has 0 radical (unpaired) electrons. The number of nitrogens with two attached hydrogens (primary N) is 1. The molecule has 6 nitrogen and oxygen atoms in total. The lowest BCUT2D eigenvalue weighted by atomic mass is 10.4. The molecule has 0 atom stereocenters. The number of nitrogen functional groups attached to an aromatic ring is 1. The van der Waals surface area contributed by atoms with E-state index < -0.39 is 0 Å². The quantitative estimate of drug-likeness (QED) is 0.692. The van der Waals surface area contributed by atoms with E-state index in [0.29, 0.717) is 24.8 Å². The molecule has 1 rings (SSSR count). The van der Waals surface area contributed by atoms with Crippen molar-refractivity contribution in [3.05, 3.63) is 6.33 Å². The van der Waals surface area contributed by atoms with Crippen LogP contribution in [-0.4, -0.2) is 34.4 Å². The number of rotatable bonds is 6. The van der Waals surface area contributed by atoms with Gasteiger partial charge in [0.05, 0.1) is 12.7 Å². The summed E-state index contributed by atoms with van der Waals surface area (Å²) in [6.07, 6.45) is 1.86. The molecule has 0 aliphatic heterocycles. The summed E-state index contributed by atoms with van der Waals surface area (Å²) < 4.78 is 10.7. The summed E-state index contributed by atoms with van der Waals surface area (Å²) in [5.74, 6) is 0.614. The summed E-state index contributed by atoms with van der Waals surface area (Å²) in [5.41, 5.74) is 6.06. The third kappa shape index (κ3) is 3.54. The maximum absolute atomic E-state index is 8.62. The Morgan fingerprint density at radius 2 is 2.06 bits per heavy atom. The Morgan fingerprint density at radius 3 is 2.69 bits per heavy atom. The molecule has 0 aliphatic rings. The van der Waals surface area contributed by atoms with E-state index in [9.17, 15) is 0 Å². The maximum Gasteiger partial charge on any atom is 0.244 e. The van der Waals surface area contributed by atoms with E-state index in [2.05, 4.69) is 9.97 Å². The fourth-order valence-electron chi connectivity index (χ4n) is 1.03. The summed E-state index contributed by atoms with van der Waals surface area (Å²) in [5, 5.41) is 8.62. The highest BCUT2D eigenvalue weighted by molar-refractivity contribution is 5.55. The molecule has 0 aliphatic carbocycles. The lowest BCUT2D eigenvalue weighted by molar-refractivity contribution is 0.221. The fourth-order valence-corrected chi connectivity index (χ4v) is 1.03. The normalized spacial score (nSPS) is 10.5. The molecule has 3 N–H and O–H groups in total. The van der Waals surface area contributed by atoms with Crippen molar-refractivity contribution in [2.75, 3.05) is 18.9 Å². The van der Waals surface area contributed by atoms with Crippen LogP contribution in [0.2, 0.25) is 0 Å². The van der Waals surface area contributed by atoms with Gasteiger partial charge in [-0.05, 0) is 13.8 Å². The van der Waals surface area contributed by atoms with E-state index in [-0.39, 0.29) is 18.4 Å². The van der Waals surface area contributed by atoms with Gasteiger partial charge in [0.25, 0.3) is 0 Å². The first-order chi connectivity index (χ1) is 7.65. The molecule has 1 heterocycles. The SMILES string of the molecule is CC(C)Oc1ncnc(OCCCO)c1N. The van der Waals surface area contributed by atoms with E-state index in [0.717, 1.165) is 0 Å². The minimum absolute atomic E-state index is 0.0116. The van der Waals surface area contributed by atoms with Crippen molar-refractivity contribution in [2.24, 2.45) is 0 Å². The van der Waals surface area contributed by atoms with Crippen molar-refractivity contribution < 1.29 is 14.6 Å². The van der Waals surface area contributed by atoms with Crippen molar-refractivity contribution in [3.63, 3.8) is 0 Å². The molecular weight excluding hydrogens is 210 g/mol. The van der Waals surface area contributed by atoms with Gasteiger partial charge in [-0.2, -0.15) is 9.97 Å². The van der Waals surface area contributed by atoms with Crippen molar-refractivity contribution in [1.29, 1.82) is 0 Å². The van der Waals surface area contributed by atoms with E-state index >= 15 is 0 Å². The van der Waals surface area contributed by atoms with Crippen molar-refractivity contribution in [3.8, 4) is 11.8 Å². The number of hydrogen-bond acceptors (Lipinski definition) is 6. The van der Waals surface area contributed by atoms with Crippen LogP contribution in [0.4, 0.5) is 5.69 Å². The first-order valence-electron chi connectivity index (χ1n) is 5.16. The molecule has 90 valence electrons. The zero-order chi connectivity index (χ0) is 12.0. The Hall–Kier alpha value is -1.56. The molecule has 0 saturated carbocycles. The first-order valence-corrected chi connectivity index (χ1v) is 5.16. The molecule has 0 fully saturated rings. The molecule has 0 unspecified atom stereocenters. The van der Waals surface area contributed by atoms with Gasteiger partial charge in [-0.3, -0.25) is 0 Å². The summed E-state index contributed by atoms with van der Waals surface area (Å²) in [7, 11) is 0. The molecule has 0 aromatic carbocycles. The second kappa shape index (κ2) is 6.12. The van der Waals surface area contributed by atoms with E-state index in [4.69, 9.17) is 20.3 Å². The number of hydrogen-bond donors (Lipinski definition) is 2. The molecule has 0 spiro atoms. The van der Waals surface area contributed by atoms with Crippen molar-refractivity contribution in [2.45, 2.75) is 26.4 Å². The number of aliphatic hydroxyl groups is 1. The molecule has 1 aromatic heterocycles. The molecule has 1 aromatic rings. The van der Waals surface area contributed by atoms with Crippen molar-refractivity contribution in [1.82, 2.24) is 9.97 Å². The van der Waals surface area contributed by atoms with Gasteiger partial charge in [0.2, 0.25) is 11.8 Å². The Labute approximate surface area is 94.4 Å². The molecule has 0 bridgehead atoms. The molecule has 0 amide bonds. The summed E-state index contributed by atoms with van der Waals surface area (Å²) >= 11 is 0. The van der Waals surface area contributed by atoms with Crippen molar-refractivity contribution >= 4 is 5.69 Å². The van der Waals surface area contributed by atoms with Crippen LogP contribution in [0.25, 0.3) is 0 Å². The zero-order valence-electron chi connectivity index (χ0n) is 9.51. The number of ether oxygens (including phenoxy) is 2. The predicted octanol–water partition coefficient (Wildman–Crippen LogP) is 0.607. The van der Waals surface area contributed by atoms with Crippen LogP contribution in [0.5, 0.6) is 11.8 Å². The Kier molecular flexibility index (Phi) is 4.78. The first kappa shape index (κ1) is 12.5. The fraction of sp³-hybridized carbons (Fsp3) is 0.600. The van der Waals surface area contributed by atoms with Crippen LogP contribution in [0.15, 0.2) is 6.33 Å². The van der Waals surface area contributed by atoms with E-state index in [1.165, 1.54) is 6.33 Å². The van der Waals surface area contributed by atoms with Gasteiger partial charge in [0.15, 0.2) is 5.69 Å². The Morgan fingerprint density at radius 1 is 1.38 bits per heavy atom. The van der Waals surface area contributed by atoms with Crippen LogP contribution >= 0.6 is 0 Å². The van der Waals surface area contributed by atoms with Crippen LogP contribution in [0.3, 0.4) is 0 Å². The average Bonchev–Trinajstić information content (AvgIpc) is 2.23. The second-order valence-electron chi connectivity index (χ2n) is 3.49. The lowest BCUT2D eigenvalue weighted by Crippen LogP contribution is -2.11. The molecule has 16 heavy (non-hydrogen) atoms. The van der Waals surface area contributed by atoms with E-state index in [1.807, 2.05) is 13.8 Å². The summed E-state index contributed by atoms with van der Waals surface area (Å²) in [6.45, 7) is 4.20. The number of aliphatic hydroxyl groups excluding tert-OH is 1. The second-order valence-corrected chi connectivity index (χ2v) is 3.49. The van der Waals surface area contributed by atoms with Gasteiger partial charge in [-0.25, -0.2) is 0 Å². The smallest absolute Gasteiger partial charge is 0.244 e. The topological polar surface area (TPSA) is 90.5 Å². The molecular formula is C10H17N3O3. The van der Waals surface area contributed by atoms with Crippen LogP contribution in [0.1, 0.15) is 20.3 Å². The predicted molar refractivity (Wildman–Crippen MR) is 59.4 cm³/mol. The average molecular weight is 227 g/mol. The van der Waals surface area contributed by atoms with Gasteiger partial charge in [-0.1, -0.05) is 0 Å². The van der Waals surface area contributed by atoms with E-state index in [1.54, 1.807) is 0 Å². The van der Waals surface area contributed by atoms with Gasteiger partial charge in [0, 0.05) is 13.0 Å². The van der Waals surface area contributed by atoms with Gasteiger partial charge >= 0.3 is 0 Å². The maximum atomic E-state index is 8.62. The largest absolute Gasteiger partial charge is 0.476 e. The highest BCUT2D eigenvalue weighted by atomic mass is 16.5. The summed E-state index contributed by atoms with van der Waals surface area (Å²) in [4.78, 5) is 7.82. The van der Waals surface area contributed by atoms with Gasteiger partial charge in [-0.15, -0.1) is 0 Å². The minimum Gasteiger partial charge on any atom is -0.476 e. The van der Waals surface area contributed by atoms with Gasteiger partial charge < -0.3 is 20.3 Å². The number of anilines is 1. The van der Waals surface area contributed by atoms with Crippen LogP contribution in [-0.2, 0) is 0 Å². The highest BCUT2D eigenvalue weighted by Gasteiger charge is 2.11. The Bertz CT molecular complexity index is 331. The molecule has 0 saturated heterocycles. The zero-order valence-corrected chi connectivity index (χ0v) is 9.51. The van der Waals surface area contributed by atoms with Crippen LogP contribution < -0.4 is 15.2 Å². The van der Waals surface area contributed by atoms with Gasteiger partial charge in [0.1, 0.15) is 6.33 Å². The monoisotopic (exact) mass is 227 g/mol. The minimum atomic E-state index is -0.0116. The lowest BCUT2D eigenvalue weighted by Gasteiger charge is -2.12.